The Balaban J connectivity index is 1.46. The Morgan fingerprint density at radius 2 is 1.94 bits per heavy atom. The molecule has 0 unspecified atom stereocenters. The number of benzene rings is 2. The number of aromatic nitrogens is 1. The average Bonchev–Trinajstić information content (AvgIpc) is 3.28. The van der Waals surface area contributed by atoms with Crippen molar-refractivity contribution in [3.63, 3.8) is 0 Å². The Labute approximate surface area is 195 Å². The summed E-state index contributed by atoms with van der Waals surface area (Å²) in [5.74, 6) is -1.11. The predicted octanol–water partition coefficient (Wildman–Crippen LogP) is 4.79. The van der Waals surface area contributed by atoms with Crippen LogP contribution in [0.15, 0.2) is 43.0 Å². The van der Waals surface area contributed by atoms with E-state index in [0.717, 1.165) is 10.9 Å². The standard InChI is InChI=1S/C25H23ClFN3O3/c1-14(29(2)3)22-21(17-6-4-15(26)12-20(17)28-22)23(31)30-10-8-25(9-11-30)19-7-5-16(27)13-18(19)24(32)33-25/h4-7,12-13,28H,1,8-11H2,2-3H3. The molecule has 0 saturated carbocycles. The number of aromatic amines is 1. The van der Waals surface area contributed by atoms with Gasteiger partial charge in [-0.2, -0.15) is 0 Å². The Bertz CT molecular complexity index is 1320. The molecule has 1 fully saturated rings. The highest BCUT2D eigenvalue weighted by atomic mass is 35.5. The van der Waals surface area contributed by atoms with Crippen LogP contribution in [0.1, 0.15) is 44.8 Å². The lowest BCUT2D eigenvalue weighted by Gasteiger charge is -2.38. The number of piperidine rings is 1. The first kappa shape index (κ1) is 21.5. The molecule has 0 atom stereocenters. The first-order valence-electron chi connectivity index (χ1n) is 10.7. The van der Waals surface area contributed by atoms with Gasteiger partial charge in [-0.25, -0.2) is 9.18 Å². The number of amides is 1. The molecule has 2 aliphatic rings. The molecule has 170 valence electrons. The van der Waals surface area contributed by atoms with Crippen molar-refractivity contribution in [3.8, 4) is 0 Å². The summed E-state index contributed by atoms with van der Waals surface area (Å²) >= 11 is 6.17. The minimum absolute atomic E-state index is 0.125. The second-order valence-electron chi connectivity index (χ2n) is 8.77. The third-order valence-electron chi connectivity index (χ3n) is 6.64. The quantitative estimate of drug-likeness (QED) is 0.562. The van der Waals surface area contributed by atoms with Crippen molar-refractivity contribution in [1.29, 1.82) is 0 Å². The molecular weight excluding hydrogens is 445 g/mol. The largest absolute Gasteiger partial charge is 0.450 e. The zero-order chi connectivity index (χ0) is 23.5. The van der Waals surface area contributed by atoms with E-state index in [1.54, 1.807) is 23.1 Å². The molecule has 0 bridgehead atoms. The molecule has 0 aliphatic carbocycles. The lowest BCUT2D eigenvalue weighted by Crippen LogP contribution is -2.45. The van der Waals surface area contributed by atoms with Gasteiger partial charge in [0.05, 0.1) is 22.5 Å². The molecular formula is C25H23ClFN3O3. The lowest BCUT2D eigenvalue weighted by molar-refractivity contribution is -0.0389. The van der Waals surface area contributed by atoms with Crippen LogP contribution in [0.5, 0.6) is 0 Å². The van der Waals surface area contributed by atoms with Crippen LogP contribution >= 0.6 is 11.6 Å². The van der Waals surface area contributed by atoms with Gasteiger partial charge >= 0.3 is 5.97 Å². The van der Waals surface area contributed by atoms with E-state index < -0.39 is 17.4 Å². The molecule has 1 saturated heterocycles. The van der Waals surface area contributed by atoms with Gasteiger partial charge in [-0.15, -0.1) is 0 Å². The van der Waals surface area contributed by atoms with Crippen LogP contribution in [-0.2, 0) is 10.3 Å². The topological polar surface area (TPSA) is 65.6 Å². The number of carbonyl (C=O) groups excluding carboxylic acids is 2. The number of carbonyl (C=O) groups is 2. The van der Waals surface area contributed by atoms with Crippen molar-refractivity contribution in [3.05, 3.63) is 76.2 Å². The van der Waals surface area contributed by atoms with Gasteiger partial charge < -0.3 is 19.5 Å². The normalized spacial score (nSPS) is 16.7. The minimum atomic E-state index is -0.819. The molecule has 8 heteroatoms. The van der Waals surface area contributed by atoms with Crippen molar-refractivity contribution in [2.24, 2.45) is 0 Å². The highest BCUT2D eigenvalue weighted by Crippen LogP contribution is 2.44. The van der Waals surface area contributed by atoms with E-state index in [9.17, 15) is 14.0 Å². The van der Waals surface area contributed by atoms with Crippen molar-refractivity contribution in [2.45, 2.75) is 18.4 Å². The fourth-order valence-corrected chi connectivity index (χ4v) is 4.97. The number of hydrogen-bond acceptors (Lipinski definition) is 4. The van der Waals surface area contributed by atoms with Gasteiger partial charge in [0.2, 0.25) is 0 Å². The van der Waals surface area contributed by atoms with Crippen molar-refractivity contribution in [2.75, 3.05) is 27.2 Å². The Hall–Kier alpha value is -3.32. The van der Waals surface area contributed by atoms with Gasteiger partial charge in [0.1, 0.15) is 11.4 Å². The summed E-state index contributed by atoms with van der Waals surface area (Å²) in [6, 6.07) is 9.57. The second kappa shape index (κ2) is 7.63. The fourth-order valence-electron chi connectivity index (χ4n) is 4.80. The smallest absolute Gasteiger partial charge is 0.339 e. The van der Waals surface area contributed by atoms with Crippen molar-refractivity contribution < 1.29 is 18.7 Å². The Morgan fingerprint density at radius 3 is 2.64 bits per heavy atom. The number of fused-ring (bicyclic) bond motifs is 3. The Morgan fingerprint density at radius 1 is 1.21 bits per heavy atom. The van der Waals surface area contributed by atoms with Crippen LogP contribution in [0.3, 0.4) is 0 Å². The van der Waals surface area contributed by atoms with E-state index in [4.69, 9.17) is 16.3 Å². The number of H-pyrrole nitrogens is 1. The summed E-state index contributed by atoms with van der Waals surface area (Å²) < 4.78 is 19.4. The van der Waals surface area contributed by atoms with Crippen molar-refractivity contribution in [1.82, 2.24) is 14.8 Å². The van der Waals surface area contributed by atoms with Gasteiger partial charge in [-0.05, 0) is 24.3 Å². The molecule has 1 N–H and O–H groups in total. The zero-order valence-corrected chi connectivity index (χ0v) is 19.1. The molecule has 0 radical (unpaired) electrons. The minimum Gasteiger partial charge on any atom is -0.450 e. The number of ether oxygens (including phenoxy) is 1. The van der Waals surface area contributed by atoms with Crippen LogP contribution in [-0.4, -0.2) is 53.8 Å². The van der Waals surface area contributed by atoms with E-state index in [-0.39, 0.29) is 11.5 Å². The maximum absolute atomic E-state index is 13.7. The van der Waals surface area contributed by atoms with E-state index in [1.807, 2.05) is 25.1 Å². The van der Waals surface area contributed by atoms with E-state index in [0.29, 0.717) is 53.5 Å². The molecule has 5 rings (SSSR count). The van der Waals surface area contributed by atoms with Crippen LogP contribution in [0.4, 0.5) is 4.39 Å². The number of esters is 1. The molecule has 2 aliphatic heterocycles. The number of nitrogens with one attached hydrogen (secondary N) is 1. The molecule has 1 aromatic heterocycles. The highest BCUT2D eigenvalue weighted by molar-refractivity contribution is 6.31. The number of rotatable bonds is 3. The van der Waals surface area contributed by atoms with E-state index in [1.165, 1.54) is 12.1 Å². The molecule has 3 heterocycles. The number of likely N-dealkylation sites (tertiary alicyclic amines) is 1. The third-order valence-corrected chi connectivity index (χ3v) is 6.88. The van der Waals surface area contributed by atoms with Crippen molar-refractivity contribution >= 4 is 40.1 Å². The summed E-state index contributed by atoms with van der Waals surface area (Å²) in [5, 5.41) is 1.35. The number of halogens is 2. The summed E-state index contributed by atoms with van der Waals surface area (Å²) in [6.07, 6.45) is 0.891. The average molecular weight is 468 g/mol. The molecule has 1 spiro atoms. The predicted molar refractivity (Wildman–Crippen MR) is 125 cm³/mol. The highest BCUT2D eigenvalue weighted by Gasteiger charge is 2.48. The molecule has 1 amide bonds. The van der Waals surface area contributed by atoms with Crippen LogP contribution in [0, 0.1) is 5.82 Å². The van der Waals surface area contributed by atoms with Gasteiger partial charge in [0, 0.05) is 61.5 Å². The van der Waals surface area contributed by atoms with E-state index in [2.05, 4.69) is 11.6 Å². The molecule has 6 nitrogen and oxygen atoms in total. The van der Waals surface area contributed by atoms with Crippen LogP contribution in [0.25, 0.3) is 16.6 Å². The second-order valence-corrected chi connectivity index (χ2v) is 9.21. The third kappa shape index (κ3) is 3.38. The number of nitrogens with zero attached hydrogens (tertiary/aromatic N) is 2. The first-order chi connectivity index (χ1) is 15.7. The van der Waals surface area contributed by atoms with Gasteiger partial charge in [0.15, 0.2) is 0 Å². The monoisotopic (exact) mass is 467 g/mol. The van der Waals surface area contributed by atoms with E-state index >= 15 is 0 Å². The molecule has 33 heavy (non-hydrogen) atoms. The molecule has 3 aromatic rings. The Kier molecular flexibility index (Phi) is 4.97. The maximum atomic E-state index is 13.7. The summed E-state index contributed by atoms with van der Waals surface area (Å²) in [7, 11) is 3.74. The SMILES string of the molecule is C=C(c1[nH]c2cc(Cl)ccc2c1C(=O)N1CCC2(CC1)OC(=O)c1cc(F)ccc12)N(C)C. The zero-order valence-electron chi connectivity index (χ0n) is 18.4. The summed E-state index contributed by atoms with van der Waals surface area (Å²) in [4.78, 5) is 33.0. The molecule has 2 aromatic carbocycles. The van der Waals surface area contributed by atoms with Gasteiger partial charge in [-0.1, -0.05) is 30.3 Å². The summed E-state index contributed by atoms with van der Waals surface area (Å²) in [6.45, 7) is 4.93. The maximum Gasteiger partial charge on any atom is 0.339 e. The summed E-state index contributed by atoms with van der Waals surface area (Å²) in [5.41, 5.74) is 2.79. The van der Waals surface area contributed by atoms with Gasteiger partial charge in [-0.3, -0.25) is 4.79 Å². The number of hydrogen-bond donors (Lipinski definition) is 1. The van der Waals surface area contributed by atoms with Gasteiger partial charge in [0.25, 0.3) is 5.91 Å². The first-order valence-corrected chi connectivity index (χ1v) is 11.1. The fraction of sp³-hybridized carbons (Fsp3) is 0.280. The van der Waals surface area contributed by atoms with Crippen LogP contribution < -0.4 is 0 Å². The lowest BCUT2D eigenvalue weighted by atomic mass is 9.83. The van der Waals surface area contributed by atoms with Crippen LogP contribution in [0.2, 0.25) is 5.02 Å².